The summed E-state index contributed by atoms with van der Waals surface area (Å²) in [4.78, 5) is 1.34. The molecule has 1 aromatic rings. The lowest BCUT2D eigenvalue weighted by Gasteiger charge is -2.22. The van der Waals surface area contributed by atoms with Crippen LogP contribution in [0, 0.1) is 0 Å². The van der Waals surface area contributed by atoms with Gasteiger partial charge in [-0.2, -0.15) is 0 Å². The Hall–Kier alpha value is -0.470. The Balaban J connectivity index is 2.83. The molecule has 0 radical (unpaired) electrons. The van der Waals surface area contributed by atoms with Crippen LogP contribution in [0.2, 0.25) is 0 Å². The molecule has 0 aliphatic heterocycles. The van der Waals surface area contributed by atoms with Gasteiger partial charge in [-0.1, -0.05) is 58.7 Å². The number of nitrogens with two attached hydrogens (primary N) is 1. The van der Waals surface area contributed by atoms with E-state index in [0.29, 0.717) is 0 Å². The van der Waals surface area contributed by atoms with Crippen LogP contribution in [0.5, 0.6) is 0 Å². The summed E-state index contributed by atoms with van der Waals surface area (Å²) in [7, 11) is 0. The van der Waals surface area contributed by atoms with E-state index in [0.717, 1.165) is 6.42 Å². The molecule has 0 bridgehead atoms. The topological polar surface area (TPSA) is 26.0 Å². The van der Waals surface area contributed by atoms with Crippen molar-refractivity contribution in [2.45, 2.75) is 62.6 Å². The fourth-order valence-corrected chi connectivity index (χ4v) is 2.93. The van der Waals surface area contributed by atoms with Crippen molar-refractivity contribution in [1.82, 2.24) is 0 Å². The minimum atomic E-state index is 0.181. The standard InChI is InChI=1S/C15H25NS/c1-5-6-10-13(16)12-9-7-8-11-14(12)17-15(2,3)4/h7-9,11,13H,5-6,10,16H2,1-4H3/t13-/m1/s1. The van der Waals surface area contributed by atoms with Crippen LogP contribution in [0.25, 0.3) is 0 Å². The number of hydrogen-bond acceptors (Lipinski definition) is 2. The third kappa shape index (κ3) is 5.13. The maximum atomic E-state index is 6.29. The molecule has 1 nitrogen and oxygen atoms in total. The van der Waals surface area contributed by atoms with Crippen LogP contribution in [0.3, 0.4) is 0 Å². The van der Waals surface area contributed by atoms with Crippen molar-refractivity contribution in [2.75, 3.05) is 0 Å². The molecular formula is C15H25NS. The van der Waals surface area contributed by atoms with E-state index in [2.05, 4.69) is 52.0 Å². The SMILES string of the molecule is CCCC[C@@H](N)c1ccccc1SC(C)(C)C. The molecule has 0 aromatic heterocycles. The van der Waals surface area contributed by atoms with Crippen LogP contribution in [0.1, 0.15) is 58.6 Å². The lowest BCUT2D eigenvalue weighted by Crippen LogP contribution is -2.13. The van der Waals surface area contributed by atoms with Crippen LogP contribution in [0.4, 0.5) is 0 Å². The third-order valence-corrected chi connectivity index (χ3v) is 3.81. The molecule has 17 heavy (non-hydrogen) atoms. The monoisotopic (exact) mass is 251 g/mol. The van der Waals surface area contributed by atoms with Crippen molar-refractivity contribution in [3.63, 3.8) is 0 Å². The molecule has 0 unspecified atom stereocenters. The zero-order valence-electron chi connectivity index (χ0n) is 11.5. The molecule has 0 amide bonds. The fraction of sp³-hybridized carbons (Fsp3) is 0.600. The summed E-state index contributed by atoms with van der Waals surface area (Å²) in [5.74, 6) is 0. The second-order valence-corrected chi connectivity index (χ2v) is 7.37. The molecule has 0 saturated heterocycles. The van der Waals surface area contributed by atoms with Crippen LogP contribution in [0.15, 0.2) is 29.2 Å². The highest BCUT2D eigenvalue weighted by Crippen LogP contribution is 2.36. The number of rotatable bonds is 5. The quantitative estimate of drug-likeness (QED) is 0.763. The molecule has 0 aliphatic carbocycles. The van der Waals surface area contributed by atoms with Crippen molar-refractivity contribution < 1.29 is 0 Å². The Kier molecular flexibility index (Phi) is 5.54. The van der Waals surface area contributed by atoms with Gasteiger partial charge < -0.3 is 5.73 Å². The zero-order valence-corrected chi connectivity index (χ0v) is 12.3. The third-order valence-electron chi connectivity index (χ3n) is 2.60. The molecule has 0 spiro atoms. The summed E-state index contributed by atoms with van der Waals surface area (Å²) in [5, 5.41) is 0. The van der Waals surface area contributed by atoms with Crippen molar-refractivity contribution in [3.8, 4) is 0 Å². The van der Waals surface area contributed by atoms with Crippen LogP contribution < -0.4 is 5.73 Å². The first-order valence-corrected chi connectivity index (χ1v) is 7.29. The van der Waals surface area contributed by atoms with E-state index in [1.807, 2.05) is 11.8 Å². The Morgan fingerprint density at radius 3 is 2.47 bits per heavy atom. The normalized spacial score (nSPS) is 13.7. The highest BCUT2D eigenvalue weighted by Gasteiger charge is 2.17. The summed E-state index contributed by atoms with van der Waals surface area (Å²) in [5.41, 5.74) is 7.59. The van der Waals surface area contributed by atoms with E-state index in [1.54, 1.807) is 0 Å². The van der Waals surface area contributed by atoms with E-state index in [9.17, 15) is 0 Å². The number of hydrogen-bond donors (Lipinski definition) is 1. The lowest BCUT2D eigenvalue weighted by molar-refractivity contribution is 0.596. The molecule has 0 heterocycles. The number of benzene rings is 1. The van der Waals surface area contributed by atoms with Crippen LogP contribution >= 0.6 is 11.8 Å². The molecule has 0 saturated carbocycles. The van der Waals surface area contributed by atoms with Gasteiger partial charge in [0.2, 0.25) is 0 Å². The highest BCUT2D eigenvalue weighted by molar-refractivity contribution is 8.00. The molecule has 0 aliphatic rings. The van der Waals surface area contributed by atoms with Crippen molar-refractivity contribution >= 4 is 11.8 Å². The first-order valence-electron chi connectivity index (χ1n) is 6.47. The summed E-state index contributed by atoms with van der Waals surface area (Å²) in [6, 6.07) is 8.74. The Labute approximate surface area is 110 Å². The van der Waals surface area contributed by atoms with E-state index in [1.165, 1.54) is 23.3 Å². The average molecular weight is 251 g/mol. The Bertz CT molecular complexity index is 341. The molecule has 1 rings (SSSR count). The zero-order chi connectivity index (χ0) is 12.9. The van der Waals surface area contributed by atoms with Gasteiger partial charge in [-0.25, -0.2) is 0 Å². The average Bonchev–Trinajstić information content (AvgIpc) is 2.24. The first-order chi connectivity index (χ1) is 7.94. The largest absolute Gasteiger partial charge is 0.324 e. The minimum Gasteiger partial charge on any atom is -0.324 e. The number of thioether (sulfide) groups is 1. The molecule has 2 heteroatoms. The van der Waals surface area contributed by atoms with Gasteiger partial charge >= 0.3 is 0 Å². The van der Waals surface area contributed by atoms with Crippen molar-refractivity contribution in [2.24, 2.45) is 5.73 Å². The van der Waals surface area contributed by atoms with E-state index in [-0.39, 0.29) is 10.8 Å². The molecular weight excluding hydrogens is 226 g/mol. The lowest BCUT2D eigenvalue weighted by atomic mass is 10.0. The molecule has 1 aromatic carbocycles. The van der Waals surface area contributed by atoms with Gasteiger partial charge in [-0.05, 0) is 18.1 Å². The molecule has 1 atom stereocenters. The predicted octanol–water partition coefficient (Wildman–Crippen LogP) is 4.77. The van der Waals surface area contributed by atoms with Gasteiger partial charge in [-0.15, -0.1) is 11.8 Å². The summed E-state index contributed by atoms with van der Waals surface area (Å²) < 4.78 is 0.237. The van der Waals surface area contributed by atoms with Crippen molar-refractivity contribution in [1.29, 1.82) is 0 Å². The van der Waals surface area contributed by atoms with Gasteiger partial charge in [0.15, 0.2) is 0 Å². The molecule has 0 fully saturated rings. The predicted molar refractivity (Wildman–Crippen MR) is 78.5 cm³/mol. The summed E-state index contributed by atoms with van der Waals surface area (Å²) in [6.45, 7) is 8.94. The van der Waals surface area contributed by atoms with E-state index >= 15 is 0 Å². The smallest absolute Gasteiger partial charge is 0.0306 e. The summed E-state index contributed by atoms with van der Waals surface area (Å²) in [6.07, 6.45) is 3.50. The molecule has 2 N–H and O–H groups in total. The van der Waals surface area contributed by atoms with Gasteiger partial charge in [-0.3, -0.25) is 0 Å². The minimum absolute atomic E-state index is 0.181. The van der Waals surface area contributed by atoms with Crippen molar-refractivity contribution in [3.05, 3.63) is 29.8 Å². The first kappa shape index (κ1) is 14.6. The Morgan fingerprint density at radius 1 is 1.24 bits per heavy atom. The molecule has 96 valence electrons. The van der Waals surface area contributed by atoms with Gasteiger partial charge in [0, 0.05) is 15.7 Å². The van der Waals surface area contributed by atoms with Gasteiger partial charge in [0.1, 0.15) is 0 Å². The van der Waals surface area contributed by atoms with E-state index in [4.69, 9.17) is 5.73 Å². The maximum absolute atomic E-state index is 6.29. The van der Waals surface area contributed by atoms with Crippen LogP contribution in [-0.4, -0.2) is 4.75 Å². The number of unbranched alkanes of at least 4 members (excludes halogenated alkanes) is 1. The Morgan fingerprint density at radius 2 is 1.88 bits per heavy atom. The van der Waals surface area contributed by atoms with E-state index < -0.39 is 0 Å². The second kappa shape index (κ2) is 6.46. The van der Waals surface area contributed by atoms with Gasteiger partial charge in [0.05, 0.1) is 0 Å². The summed E-state index contributed by atoms with van der Waals surface area (Å²) >= 11 is 1.91. The maximum Gasteiger partial charge on any atom is 0.0306 e. The second-order valence-electron chi connectivity index (χ2n) is 5.50. The fourth-order valence-electron chi connectivity index (χ4n) is 1.79. The highest BCUT2D eigenvalue weighted by atomic mass is 32.2. The van der Waals surface area contributed by atoms with Crippen LogP contribution in [-0.2, 0) is 0 Å². The van der Waals surface area contributed by atoms with Gasteiger partial charge in [0.25, 0.3) is 0 Å².